The van der Waals surface area contributed by atoms with Crippen LogP contribution in [0.5, 0.6) is 0 Å². The molecule has 230 valence electrons. The van der Waals surface area contributed by atoms with E-state index in [1.54, 1.807) is 24.4 Å². The summed E-state index contributed by atoms with van der Waals surface area (Å²) in [5.41, 5.74) is 1.84. The number of anilines is 1. The number of hydrogen-bond acceptors (Lipinski definition) is 9. The standard InChI is InChI=1S/C31H40FN7O4/c1-31(29(40)39-14-3-2-4-15-39)20-42-28(43-21-31)27-36-25(22-6-8-23(32)9-7-22)26(37-27)24-10-12-34-30(35-24)33-11-5-13-38-16-18-41-19-17-38/h6-10,12,28H,2-5,11,13-21H2,1H3,(H,36,37)(H,33,34,35). The van der Waals surface area contributed by atoms with Crippen molar-refractivity contribution in [3.05, 3.63) is 48.2 Å². The van der Waals surface area contributed by atoms with Crippen LogP contribution in [0.15, 0.2) is 36.5 Å². The van der Waals surface area contributed by atoms with Gasteiger partial charge in [0, 0.05) is 44.5 Å². The number of halogens is 1. The highest BCUT2D eigenvalue weighted by Gasteiger charge is 2.43. The third-order valence-corrected chi connectivity index (χ3v) is 8.28. The zero-order valence-corrected chi connectivity index (χ0v) is 24.7. The fraction of sp³-hybridized carbons (Fsp3) is 0.548. The van der Waals surface area contributed by atoms with Gasteiger partial charge in [0.15, 0.2) is 5.82 Å². The molecule has 5 heterocycles. The average molecular weight is 594 g/mol. The third kappa shape index (κ3) is 7.04. The molecule has 0 radical (unpaired) electrons. The van der Waals surface area contributed by atoms with E-state index in [2.05, 4.69) is 20.2 Å². The summed E-state index contributed by atoms with van der Waals surface area (Å²) in [4.78, 5) is 34.9. The van der Waals surface area contributed by atoms with Gasteiger partial charge in [0.1, 0.15) is 5.82 Å². The van der Waals surface area contributed by atoms with E-state index < -0.39 is 11.7 Å². The summed E-state index contributed by atoms with van der Waals surface area (Å²) < 4.78 is 31.4. The highest BCUT2D eigenvalue weighted by molar-refractivity contribution is 5.83. The number of carbonyl (C=O) groups excluding carboxylic acids is 1. The minimum Gasteiger partial charge on any atom is -0.379 e. The molecular formula is C31H40FN7O4. The number of aromatic nitrogens is 4. The van der Waals surface area contributed by atoms with Gasteiger partial charge in [-0.1, -0.05) is 0 Å². The Labute approximate surface area is 251 Å². The second-order valence-electron chi connectivity index (χ2n) is 11.7. The lowest BCUT2D eigenvalue weighted by Crippen LogP contribution is -2.51. The molecule has 3 saturated heterocycles. The van der Waals surface area contributed by atoms with E-state index in [0.717, 1.165) is 83.7 Å². The second kappa shape index (κ2) is 13.5. The van der Waals surface area contributed by atoms with E-state index in [-0.39, 0.29) is 24.9 Å². The monoisotopic (exact) mass is 593 g/mol. The predicted molar refractivity (Wildman–Crippen MR) is 159 cm³/mol. The molecule has 11 nitrogen and oxygen atoms in total. The van der Waals surface area contributed by atoms with E-state index in [4.69, 9.17) is 24.2 Å². The van der Waals surface area contributed by atoms with Gasteiger partial charge < -0.3 is 29.4 Å². The number of ether oxygens (including phenoxy) is 3. The molecule has 6 rings (SSSR count). The molecule has 12 heteroatoms. The molecule has 0 unspecified atom stereocenters. The molecule has 0 spiro atoms. The van der Waals surface area contributed by atoms with Crippen LogP contribution in [-0.2, 0) is 19.0 Å². The van der Waals surface area contributed by atoms with Gasteiger partial charge in [0.25, 0.3) is 0 Å². The van der Waals surface area contributed by atoms with Crippen molar-refractivity contribution in [2.75, 3.05) is 71.0 Å². The van der Waals surface area contributed by atoms with Crippen LogP contribution in [0.2, 0.25) is 0 Å². The van der Waals surface area contributed by atoms with Crippen LogP contribution in [-0.4, -0.2) is 101 Å². The highest BCUT2D eigenvalue weighted by Crippen LogP contribution is 2.36. The summed E-state index contributed by atoms with van der Waals surface area (Å²) in [6.07, 6.45) is 5.09. The first kappa shape index (κ1) is 29.6. The number of nitrogens with zero attached hydrogens (tertiary/aromatic N) is 5. The Hall–Kier alpha value is -3.45. The van der Waals surface area contributed by atoms with Crippen LogP contribution in [0.3, 0.4) is 0 Å². The third-order valence-electron chi connectivity index (χ3n) is 8.28. The van der Waals surface area contributed by atoms with E-state index >= 15 is 0 Å². The number of H-pyrrole nitrogens is 1. The summed E-state index contributed by atoms with van der Waals surface area (Å²) in [7, 11) is 0. The molecule has 3 fully saturated rings. The van der Waals surface area contributed by atoms with E-state index in [1.165, 1.54) is 12.1 Å². The summed E-state index contributed by atoms with van der Waals surface area (Å²) in [6, 6.07) is 7.98. The topological polar surface area (TPSA) is 118 Å². The van der Waals surface area contributed by atoms with Crippen molar-refractivity contribution in [3.8, 4) is 22.6 Å². The van der Waals surface area contributed by atoms with Gasteiger partial charge in [-0.3, -0.25) is 9.69 Å². The van der Waals surface area contributed by atoms with E-state index in [9.17, 15) is 9.18 Å². The number of likely N-dealkylation sites (tertiary alicyclic amines) is 1. The molecule has 3 aromatic rings. The number of carbonyl (C=O) groups is 1. The maximum atomic E-state index is 13.8. The minimum atomic E-state index is -0.783. The predicted octanol–water partition coefficient (Wildman–Crippen LogP) is 3.87. The quantitative estimate of drug-likeness (QED) is 0.357. The van der Waals surface area contributed by atoms with Crippen molar-refractivity contribution in [1.29, 1.82) is 0 Å². The summed E-state index contributed by atoms with van der Waals surface area (Å²) in [5, 5.41) is 3.33. The largest absolute Gasteiger partial charge is 0.379 e. The highest BCUT2D eigenvalue weighted by atomic mass is 19.1. The number of amides is 1. The number of nitrogens with one attached hydrogen (secondary N) is 2. The SMILES string of the molecule is CC1(C(=O)N2CCCCC2)COC(c2nc(-c3ccc(F)cc3)c(-c3ccnc(NCCCN4CCOCC4)n3)[nH]2)OC1. The molecule has 3 aliphatic rings. The maximum Gasteiger partial charge on any atom is 0.233 e. The van der Waals surface area contributed by atoms with Crippen molar-refractivity contribution < 1.29 is 23.4 Å². The number of morpholine rings is 1. The van der Waals surface area contributed by atoms with Crippen molar-refractivity contribution in [2.24, 2.45) is 5.41 Å². The molecule has 1 amide bonds. The Morgan fingerprint density at radius 3 is 2.53 bits per heavy atom. The zero-order chi connectivity index (χ0) is 29.6. The molecule has 43 heavy (non-hydrogen) atoms. The number of benzene rings is 1. The van der Waals surface area contributed by atoms with Crippen molar-refractivity contribution in [2.45, 2.75) is 38.9 Å². The summed E-state index contributed by atoms with van der Waals surface area (Å²) >= 11 is 0. The Balaban J connectivity index is 1.17. The van der Waals surface area contributed by atoms with Gasteiger partial charge in [-0.2, -0.15) is 0 Å². The molecule has 0 bridgehead atoms. The van der Waals surface area contributed by atoms with Crippen molar-refractivity contribution in [3.63, 3.8) is 0 Å². The number of rotatable bonds is 9. The summed E-state index contributed by atoms with van der Waals surface area (Å²) in [6.45, 7) is 9.12. The zero-order valence-electron chi connectivity index (χ0n) is 24.7. The lowest BCUT2D eigenvalue weighted by molar-refractivity contribution is -0.234. The van der Waals surface area contributed by atoms with Crippen LogP contribution in [0.1, 0.15) is 44.7 Å². The molecule has 2 aromatic heterocycles. The Morgan fingerprint density at radius 1 is 1.05 bits per heavy atom. The van der Waals surface area contributed by atoms with Crippen LogP contribution in [0, 0.1) is 11.2 Å². The number of aromatic amines is 1. The number of hydrogen-bond donors (Lipinski definition) is 2. The smallest absolute Gasteiger partial charge is 0.233 e. The van der Waals surface area contributed by atoms with Gasteiger partial charge in [-0.15, -0.1) is 0 Å². The average Bonchev–Trinajstić information content (AvgIpc) is 3.50. The number of imidazole rings is 1. The number of piperidine rings is 1. The minimum absolute atomic E-state index is 0.0729. The fourth-order valence-corrected chi connectivity index (χ4v) is 5.78. The van der Waals surface area contributed by atoms with Crippen molar-refractivity contribution in [1.82, 2.24) is 29.7 Å². The van der Waals surface area contributed by atoms with Gasteiger partial charge >= 0.3 is 0 Å². The molecule has 2 N–H and O–H groups in total. The first-order valence-electron chi connectivity index (χ1n) is 15.2. The van der Waals surface area contributed by atoms with Gasteiger partial charge in [-0.25, -0.2) is 19.3 Å². The van der Waals surface area contributed by atoms with E-state index in [1.807, 2.05) is 11.8 Å². The maximum absolute atomic E-state index is 13.8. The van der Waals surface area contributed by atoms with E-state index in [0.29, 0.717) is 28.9 Å². The molecule has 0 atom stereocenters. The fourth-order valence-electron chi connectivity index (χ4n) is 5.78. The van der Waals surface area contributed by atoms with Crippen LogP contribution in [0.4, 0.5) is 10.3 Å². The summed E-state index contributed by atoms with van der Waals surface area (Å²) in [5.74, 6) is 0.713. The second-order valence-corrected chi connectivity index (χ2v) is 11.7. The normalized spacial score (nSPS) is 23.3. The Bertz CT molecular complexity index is 1360. The van der Waals surface area contributed by atoms with Gasteiger partial charge in [-0.05, 0) is 69.5 Å². The lowest BCUT2D eigenvalue weighted by atomic mass is 9.89. The molecule has 1 aromatic carbocycles. The molecule has 0 saturated carbocycles. The van der Waals surface area contributed by atoms with Crippen LogP contribution >= 0.6 is 0 Å². The Kier molecular flexibility index (Phi) is 9.27. The van der Waals surface area contributed by atoms with Crippen molar-refractivity contribution >= 4 is 11.9 Å². The van der Waals surface area contributed by atoms with Gasteiger partial charge in [0.05, 0.1) is 48.9 Å². The first-order chi connectivity index (χ1) is 21.0. The first-order valence-corrected chi connectivity index (χ1v) is 15.2. The Morgan fingerprint density at radius 2 is 1.79 bits per heavy atom. The van der Waals surface area contributed by atoms with Gasteiger partial charge in [0.2, 0.25) is 18.1 Å². The van der Waals surface area contributed by atoms with Crippen LogP contribution in [0.25, 0.3) is 22.6 Å². The lowest BCUT2D eigenvalue weighted by Gasteiger charge is -2.40. The molecule has 3 aliphatic heterocycles. The molecular weight excluding hydrogens is 553 g/mol. The molecule has 0 aliphatic carbocycles. The van der Waals surface area contributed by atoms with Crippen LogP contribution < -0.4 is 5.32 Å².